The highest BCUT2D eigenvalue weighted by molar-refractivity contribution is 5.94. The summed E-state index contributed by atoms with van der Waals surface area (Å²) in [5, 5.41) is 7.58. The lowest BCUT2D eigenvalue weighted by Gasteiger charge is -2.14. The van der Waals surface area contributed by atoms with Gasteiger partial charge in [0.2, 0.25) is 0 Å². The van der Waals surface area contributed by atoms with E-state index >= 15 is 0 Å². The minimum Gasteiger partial charge on any atom is -0.494 e. The molecule has 7 heteroatoms. The van der Waals surface area contributed by atoms with Crippen molar-refractivity contribution in [3.63, 3.8) is 0 Å². The lowest BCUT2D eigenvalue weighted by atomic mass is 10.1. The molecule has 2 aromatic heterocycles. The molecule has 7 nitrogen and oxygen atoms in total. The van der Waals surface area contributed by atoms with Crippen LogP contribution in [0.1, 0.15) is 25.5 Å². The van der Waals surface area contributed by atoms with Crippen LogP contribution in [-0.2, 0) is 0 Å². The van der Waals surface area contributed by atoms with Gasteiger partial charge >= 0.3 is 0 Å². The maximum atomic E-state index is 6.37. The summed E-state index contributed by atoms with van der Waals surface area (Å²) in [6, 6.07) is 17.7. The second-order valence-corrected chi connectivity index (χ2v) is 7.29. The molecule has 0 bridgehead atoms. The molecule has 2 heterocycles. The number of nitrogens with two attached hydrogens (primary N) is 1. The summed E-state index contributed by atoms with van der Waals surface area (Å²) in [6.45, 7) is 4.84. The first-order chi connectivity index (χ1) is 15.1. The van der Waals surface area contributed by atoms with Crippen molar-refractivity contribution in [2.75, 3.05) is 23.0 Å². The SMILES string of the molecule is CCCCOc1ccc(Nc2ncnc(Nc3cccc4nc(C)ccc34)c2N)cc1. The van der Waals surface area contributed by atoms with E-state index in [4.69, 9.17) is 10.5 Å². The third kappa shape index (κ3) is 4.83. The zero-order valence-corrected chi connectivity index (χ0v) is 17.7. The highest BCUT2D eigenvalue weighted by atomic mass is 16.5. The molecule has 0 unspecified atom stereocenters. The van der Waals surface area contributed by atoms with Crippen molar-refractivity contribution in [2.45, 2.75) is 26.7 Å². The van der Waals surface area contributed by atoms with Crippen LogP contribution in [0.5, 0.6) is 5.75 Å². The Morgan fingerprint density at radius 1 is 0.935 bits per heavy atom. The number of unbranched alkanes of at least 4 members (excludes halogenated alkanes) is 1. The number of hydrogen-bond acceptors (Lipinski definition) is 7. The van der Waals surface area contributed by atoms with Crippen LogP contribution in [0.25, 0.3) is 10.9 Å². The minimum absolute atomic E-state index is 0.433. The molecule has 31 heavy (non-hydrogen) atoms. The Labute approximate surface area is 181 Å². The molecule has 0 fully saturated rings. The van der Waals surface area contributed by atoms with E-state index in [1.165, 1.54) is 6.33 Å². The minimum atomic E-state index is 0.433. The molecule has 0 aliphatic rings. The Kier molecular flexibility index (Phi) is 6.12. The van der Waals surface area contributed by atoms with Crippen molar-refractivity contribution in [3.05, 3.63) is 66.6 Å². The van der Waals surface area contributed by atoms with Crippen molar-refractivity contribution in [1.82, 2.24) is 15.0 Å². The Balaban J connectivity index is 1.52. The van der Waals surface area contributed by atoms with Crippen LogP contribution in [0.15, 0.2) is 60.9 Å². The third-order valence-corrected chi connectivity index (χ3v) is 4.89. The van der Waals surface area contributed by atoms with Crippen molar-refractivity contribution in [3.8, 4) is 5.75 Å². The Morgan fingerprint density at radius 3 is 2.48 bits per heavy atom. The number of aryl methyl sites for hydroxylation is 1. The average Bonchev–Trinajstić information content (AvgIpc) is 2.78. The van der Waals surface area contributed by atoms with Gasteiger partial charge < -0.3 is 21.1 Å². The number of rotatable bonds is 8. The number of ether oxygens (including phenoxy) is 1. The van der Waals surface area contributed by atoms with Gasteiger partial charge in [-0.2, -0.15) is 0 Å². The van der Waals surface area contributed by atoms with Crippen LogP contribution in [0.2, 0.25) is 0 Å². The Bertz CT molecular complexity index is 1180. The lowest BCUT2D eigenvalue weighted by molar-refractivity contribution is 0.309. The maximum absolute atomic E-state index is 6.37. The fourth-order valence-electron chi connectivity index (χ4n) is 3.19. The van der Waals surface area contributed by atoms with E-state index in [-0.39, 0.29) is 0 Å². The zero-order chi connectivity index (χ0) is 21.6. The summed E-state index contributed by atoms with van der Waals surface area (Å²) in [6.07, 6.45) is 3.63. The average molecular weight is 415 g/mol. The monoisotopic (exact) mass is 414 g/mol. The largest absolute Gasteiger partial charge is 0.494 e. The van der Waals surface area contributed by atoms with E-state index in [1.54, 1.807) is 0 Å². The van der Waals surface area contributed by atoms with E-state index < -0.39 is 0 Å². The molecule has 4 aromatic rings. The molecule has 4 rings (SSSR count). The fourth-order valence-corrected chi connectivity index (χ4v) is 3.19. The van der Waals surface area contributed by atoms with E-state index in [0.717, 1.165) is 53.2 Å². The third-order valence-electron chi connectivity index (χ3n) is 4.89. The molecule has 0 saturated heterocycles. The molecular formula is C24H26N6O. The van der Waals surface area contributed by atoms with Gasteiger partial charge in [0.25, 0.3) is 0 Å². The highest BCUT2D eigenvalue weighted by Gasteiger charge is 2.11. The summed E-state index contributed by atoms with van der Waals surface area (Å²) in [5.41, 5.74) is 10.4. The molecular weight excluding hydrogens is 388 g/mol. The van der Waals surface area contributed by atoms with Gasteiger partial charge in [-0.25, -0.2) is 9.97 Å². The Morgan fingerprint density at radius 2 is 1.71 bits per heavy atom. The van der Waals surface area contributed by atoms with Gasteiger partial charge in [0.05, 0.1) is 12.1 Å². The van der Waals surface area contributed by atoms with Gasteiger partial charge in [-0.3, -0.25) is 4.98 Å². The first-order valence-corrected chi connectivity index (χ1v) is 10.4. The van der Waals surface area contributed by atoms with E-state index in [9.17, 15) is 0 Å². The van der Waals surface area contributed by atoms with Crippen LogP contribution < -0.4 is 21.1 Å². The van der Waals surface area contributed by atoms with Gasteiger partial charge in [-0.05, 0) is 61.9 Å². The molecule has 0 aliphatic heterocycles. The molecule has 0 aliphatic carbocycles. The predicted octanol–water partition coefficient (Wildman–Crippen LogP) is 5.58. The van der Waals surface area contributed by atoms with Gasteiger partial charge in [-0.1, -0.05) is 19.4 Å². The smallest absolute Gasteiger partial charge is 0.159 e. The molecule has 0 saturated carbocycles. The molecule has 158 valence electrons. The van der Waals surface area contributed by atoms with Crippen LogP contribution >= 0.6 is 0 Å². The fraction of sp³-hybridized carbons (Fsp3) is 0.208. The Hall–Kier alpha value is -3.87. The van der Waals surface area contributed by atoms with Crippen LogP contribution in [-0.4, -0.2) is 21.6 Å². The number of benzene rings is 2. The van der Waals surface area contributed by atoms with Crippen molar-refractivity contribution in [1.29, 1.82) is 0 Å². The summed E-state index contributed by atoms with van der Waals surface area (Å²) in [4.78, 5) is 13.2. The molecule has 2 aromatic carbocycles. The number of fused-ring (bicyclic) bond motifs is 1. The molecule has 0 spiro atoms. The van der Waals surface area contributed by atoms with Crippen LogP contribution in [0, 0.1) is 6.92 Å². The number of nitrogens with one attached hydrogen (secondary N) is 2. The highest BCUT2D eigenvalue weighted by Crippen LogP contribution is 2.31. The molecule has 4 N–H and O–H groups in total. The number of nitrogens with zero attached hydrogens (tertiary/aromatic N) is 3. The summed E-state index contributed by atoms with van der Waals surface area (Å²) in [7, 11) is 0. The quantitative estimate of drug-likeness (QED) is 0.324. The zero-order valence-electron chi connectivity index (χ0n) is 17.7. The van der Waals surface area contributed by atoms with Gasteiger partial charge in [0, 0.05) is 22.5 Å². The predicted molar refractivity (Wildman–Crippen MR) is 126 cm³/mol. The van der Waals surface area contributed by atoms with Crippen LogP contribution in [0.3, 0.4) is 0 Å². The van der Waals surface area contributed by atoms with Crippen molar-refractivity contribution >= 4 is 39.6 Å². The number of pyridine rings is 1. The number of aromatic nitrogens is 3. The van der Waals surface area contributed by atoms with E-state index in [0.29, 0.717) is 17.3 Å². The molecule has 0 amide bonds. The summed E-state index contributed by atoms with van der Waals surface area (Å²) >= 11 is 0. The summed E-state index contributed by atoms with van der Waals surface area (Å²) in [5.74, 6) is 1.91. The number of hydrogen-bond donors (Lipinski definition) is 3. The molecule has 0 atom stereocenters. The maximum Gasteiger partial charge on any atom is 0.159 e. The summed E-state index contributed by atoms with van der Waals surface area (Å²) < 4.78 is 5.71. The second kappa shape index (κ2) is 9.30. The van der Waals surface area contributed by atoms with Gasteiger partial charge in [-0.15, -0.1) is 0 Å². The van der Waals surface area contributed by atoms with Gasteiger partial charge in [0.1, 0.15) is 17.8 Å². The number of nitrogen functional groups attached to an aromatic ring is 1. The second-order valence-electron chi connectivity index (χ2n) is 7.29. The van der Waals surface area contributed by atoms with E-state index in [1.807, 2.05) is 61.5 Å². The topological polar surface area (TPSA) is 98.0 Å². The first-order valence-electron chi connectivity index (χ1n) is 10.4. The number of anilines is 5. The molecule has 0 radical (unpaired) electrons. The normalized spacial score (nSPS) is 10.8. The van der Waals surface area contributed by atoms with Crippen molar-refractivity contribution < 1.29 is 4.74 Å². The lowest BCUT2D eigenvalue weighted by Crippen LogP contribution is -2.05. The standard InChI is InChI=1S/C24H26N6O/c1-3-4-14-31-18-11-9-17(10-12-18)29-23-22(25)24(27-15-26-23)30-21-7-5-6-20-19(21)13-8-16(2)28-20/h5-13,15H,3-4,14,25H2,1-2H3,(H2,26,27,29,30). The first kappa shape index (κ1) is 20.4. The van der Waals surface area contributed by atoms with Gasteiger partial charge in [0.15, 0.2) is 11.6 Å². The van der Waals surface area contributed by atoms with Crippen molar-refractivity contribution in [2.24, 2.45) is 0 Å². The van der Waals surface area contributed by atoms with Crippen LogP contribution in [0.4, 0.5) is 28.7 Å². The van der Waals surface area contributed by atoms with E-state index in [2.05, 4.69) is 32.5 Å².